The molecule has 0 radical (unpaired) electrons. The fraction of sp³-hybridized carbons (Fsp3) is 0.250. The highest BCUT2D eigenvalue weighted by molar-refractivity contribution is 7.90. The molecule has 0 spiro atoms. The number of aromatic nitrogens is 2. The van der Waals surface area contributed by atoms with Crippen LogP contribution >= 0.6 is 0 Å². The zero-order chi connectivity index (χ0) is 12.5. The van der Waals surface area contributed by atoms with Gasteiger partial charge in [0.2, 0.25) is 15.0 Å². The highest BCUT2D eigenvalue weighted by Gasteiger charge is 2.19. The lowest BCUT2D eigenvalue weighted by Gasteiger charge is -2.05. The summed E-state index contributed by atoms with van der Waals surface area (Å²) in [6, 6.07) is 7.49. The van der Waals surface area contributed by atoms with E-state index in [1.165, 1.54) is 10.8 Å². The van der Waals surface area contributed by atoms with Gasteiger partial charge in [-0.15, -0.1) is 0 Å². The average Bonchev–Trinajstić information content (AvgIpc) is 2.64. The molecule has 2 rings (SSSR count). The van der Waals surface area contributed by atoms with E-state index in [-0.39, 0.29) is 10.9 Å². The summed E-state index contributed by atoms with van der Waals surface area (Å²) in [7, 11) is -1.69. The first-order valence-electron chi connectivity index (χ1n) is 5.25. The lowest BCUT2D eigenvalue weighted by Crippen LogP contribution is -2.10. The molecule has 17 heavy (non-hydrogen) atoms. The fourth-order valence-electron chi connectivity index (χ4n) is 1.74. The van der Waals surface area contributed by atoms with Gasteiger partial charge >= 0.3 is 0 Å². The van der Waals surface area contributed by atoms with Crippen molar-refractivity contribution in [3.05, 3.63) is 47.8 Å². The lowest BCUT2D eigenvalue weighted by molar-refractivity contribution is 0.578. The van der Waals surface area contributed by atoms with E-state index in [4.69, 9.17) is 0 Å². The molecule has 0 amide bonds. The molecule has 1 aromatic carbocycles. The minimum absolute atomic E-state index is 0.0144. The van der Waals surface area contributed by atoms with E-state index in [0.29, 0.717) is 0 Å². The largest absolute Gasteiger partial charge is 0.325 e. The van der Waals surface area contributed by atoms with Crippen molar-refractivity contribution < 1.29 is 8.42 Å². The van der Waals surface area contributed by atoms with Crippen molar-refractivity contribution >= 4 is 9.84 Å². The van der Waals surface area contributed by atoms with Crippen LogP contribution in [0.15, 0.2) is 41.8 Å². The van der Waals surface area contributed by atoms with Gasteiger partial charge in [0.15, 0.2) is 0 Å². The van der Waals surface area contributed by atoms with Crippen LogP contribution in [0.4, 0.5) is 0 Å². The molecular weight excluding hydrogens is 236 g/mol. The zero-order valence-electron chi connectivity index (χ0n) is 9.79. The summed E-state index contributed by atoms with van der Waals surface area (Å²) in [5.74, 6) is -0.0144. The molecule has 0 fully saturated rings. The van der Waals surface area contributed by atoms with Crippen molar-refractivity contribution in [2.24, 2.45) is 7.05 Å². The Morgan fingerprint density at radius 1 is 1.35 bits per heavy atom. The summed E-state index contributed by atoms with van der Waals surface area (Å²) in [4.78, 5) is 3.88. The van der Waals surface area contributed by atoms with Crippen molar-refractivity contribution in [2.45, 2.75) is 17.8 Å². The van der Waals surface area contributed by atoms with Crippen LogP contribution in [0.25, 0.3) is 0 Å². The summed E-state index contributed by atoms with van der Waals surface area (Å²) in [6.45, 7) is 1.94. The van der Waals surface area contributed by atoms with Crippen molar-refractivity contribution in [1.29, 1.82) is 0 Å². The summed E-state index contributed by atoms with van der Waals surface area (Å²) in [5, 5.41) is 0.110. The summed E-state index contributed by atoms with van der Waals surface area (Å²) in [5.41, 5.74) is 1.84. The Kier molecular flexibility index (Phi) is 3.02. The number of nitrogens with zero attached hydrogens (tertiary/aromatic N) is 2. The molecule has 0 aliphatic carbocycles. The molecule has 0 saturated heterocycles. The van der Waals surface area contributed by atoms with Crippen LogP contribution in [0.2, 0.25) is 0 Å². The minimum Gasteiger partial charge on any atom is -0.325 e. The van der Waals surface area contributed by atoms with E-state index >= 15 is 0 Å². The van der Waals surface area contributed by atoms with Crippen LogP contribution in [0.3, 0.4) is 0 Å². The predicted octanol–water partition coefficient (Wildman–Crippen LogP) is 1.70. The maximum absolute atomic E-state index is 12.1. The van der Waals surface area contributed by atoms with Crippen LogP contribution in [0, 0.1) is 6.92 Å². The molecule has 90 valence electrons. The van der Waals surface area contributed by atoms with Crippen LogP contribution in [0.5, 0.6) is 0 Å². The fourth-order valence-corrected chi connectivity index (χ4v) is 3.21. The monoisotopic (exact) mass is 250 g/mol. The van der Waals surface area contributed by atoms with Crippen molar-refractivity contribution in [3.63, 3.8) is 0 Å². The minimum atomic E-state index is -3.37. The second-order valence-electron chi connectivity index (χ2n) is 4.07. The van der Waals surface area contributed by atoms with Gasteiger partial charge in [-0.25, -0.2) is 13.4 Å². The Labute approximate surface area is 101 Å². The van der Waals surface area contributed by atoms with Gasteiger partial charge in [0, 0.05) is 19.4 Å². The van der Waals surface area contributed by atoms with Crippen LogP contribution < -0.4 is 0 Å². The van der Waals surface area contributed by atoms with E-state index < -0.39 is 9.84 Å². The summed E-state index contributed by atoms with van der Waals surface area (Å²) >= 11 is 0. The topological polar surface area (TPSA) is 52.0 Å². The van der Waals surface area contributed by atoms with Gasteiger partial charge in [0.1, 0.15) is 0 Å². The van der Waals surface area contributed by atoms with Gasteiger partial charge in [-0.3, -0.25) is 0 Å². The van der Waals surface area contributed by atoms with E-state index in [1.54, 1.807) is 13.2 Å². The third kappa shape index (κ3) is 2.55. The lowest BCUT2D eigenvalue weighted by atomic mass is 10.2. The molecule has 0 N–H and O–H groups in total. The Balaban J connectivity index is 2.33. The van der Waals surface area contributed by atoms with Gasteiger partial charge in [-0.2, -0.15) is 0 Å². The highest BCUT2D eigenvalue weighted by atomic mass is 32.2. The third-order valence-electron chi connectivity index (χ3n) is 2.49. The quantitative estimate of drug-likeness (QED) is 0.833. The molecule has 0 aliphatic heterocycles. The zero-order valence-corrected chi connectivity index (χ0v) is 10.6. The Morgan fingerprint density at radius 2 is 2.12 bits per heavy atom. The first kappa shape index (κ1) is 11.9. The number of sulfone groups is 1. The van der Waals surface area contributed by atoms with Gasteiger partial charge in [-0.1, -0.05) is 29.8 Å². The Hall–Kier alpha value is -1.62. The highest BCUT2D eigenvalue weighted by Crippen LogP contribution is 2.14. The molecule has 0 atom stereocenters. The van der Waals surface area contributed by atoms with E-state index in [9.17, 15) is 8.42 Å². The smallest absolute Gasteiger partial charge is 0.227 e. The molecule has 0 saturated carbocycles. The third-order valence-corrected chi connectivity index (χ3v) is 4.16. The maximum atomic E-state index is 12.1. The van der Waals surface area contributed by atoms with Gasteiger partial charge in [0.25, 0.3) is 0 Å². The second-order valence-corrected chi connectivity index (χ2v) is 5.95. The molecule has 5 heteroatoms. The molecule has 0 aliphatic rings. The number of benzene rings is 1. The first-order chi connectivity index (χ1) is 7.99. The van der Waals surface area contributed by atoms with Crippen LogP contribution in [-0.2, 0) is 22.6 Å². The standard InChI is InChI=1S/C12H14N2O2S/c1-10-4-3-5-11(8-10)9-17(15,16)12-13-6-7-14(12)2/h3-8H,9H2,1-2H3. The SMILES string of the molecule is Cc1cccc(CS(=O)(=O)c2nccn2C)c1. The van der Waals surface area contributed by atoms with Crippen molar-refractivity contribution in [3.8, 4) is 0 Å². The van der Waals surface area contributed by atoms with Gasteiger partial charge in [0.05, 0.1) is 5.75 Å². The molecule has 0 bridgehead atoms. The Bertz CT molecular complexity index is 629. The number of aryl methyl sites for hydroxylation is 2. The maximum Gasteiger partial charge on any atom is 0.227 e. The Morgan fingerprint density at radius 3 is 2.71 bits per heavy atom. The molecular formula is C12H14N2O2S. The van der Waals surface area contributed by atoms with E-state index in [2.05, 4.69) is 4.98 Å². The van der Waals surface area contributed by atoms with Crippen molar-refractivity contribution in [2.75, 3.05) is 0 Å². The predicted molar refractivity (Wildman–Crippen MR) is 65.3 cm³/mol. The van der Waals surface area contributed by atoms with Gasteiger partial charge in [-0.05, 0) is 12.5 Å². The second kappa shape index (κ2) is 4.33. The van der Waals surface area contributed by atoms with Crippen LogP contribution in [0.1, 0.15) is 11.1 Å². The molecule has 0 unspecified atom stereocenters. The number of imidazole rings is 1. The van der Waals surface area contributed by atoms with E-state index in [1.807, 2.05) is 31.2 Å². The summed E-state index contributed by atoms with van der Waals surface area (Å²) < 4.78 is 25.7. The molecule has 4 nitrogen and oxygen atoms in total. The molecule has 2 aromatic rings. The average molecular weight is 250 g/mol. The normalized spacial score (nSPS) is 11.6. The molecule has 1 heterocycles. The first-order valence-corrected chi connectivity index (χ1v) is 6.90. The van der Waals surface area contributed by atoms with E-state index in [0.717, 1.165) is 11.1 Å². The summed E-state index contributed by atoms with van der Waals surface area (Å²) in [6.07, 6.45) is 3.12. The number of hydrogen-bond acceptors (Lipinski definition) is 3. The molecule has 1 aromatic heterocycles. The van der Waals surface area contributed by atoms with Crippen molar-refractivity contribution in [1.82, 2.24) is 9.55 Å². The number of hydrogen-bond donors (Lipinski definition) is 0. The van der Waals surface area contributed by atoms with Crippen LogP contribution in [-0.4, -0.2) is 18.0 Å². The van der Waals surface area contributed by atoms with Gasteiger partial charge < -0.3 is 4.57 Å². The number of rotatable bonds is 3.